The highest BCUT2D eigenvalue weighted by Crippen LogP contribution is 2.19. The van der Waals surface area contributed by atoms with Gasteiger partial charge in [0.05, 0.1) is 0 Å². The monoisotopic (exact) mass is 411 g/mol. The Hall–Kier alpha value is -2.03. The van der Waals surface area contributed by atoms with Crippen LogP contribution in [0.3, 0.4) is 0 Å². The number of hydrogen-bond acceptors (Lipinski definition) is 2. The summed E-state index contributed by atoms with van der Waals surface area (Å²) in [6, 6.07) is 23.6. The van der Waals surface area contributed by atoms with E-state index in [1.165, 1.54) is 60.8 Å². The molecule has 3 aromatic carbocycles. The second kappa shape index (κ2) is 12.5. The van der Waals surface area contributed by atoms with Crippen LogP contribution in [-0.2, 0) is 13.0 Å². The van der Waals surface area contributed by atoms with Crippen LogP contribution >= 0.6 is 12.4 Å². The van der Waals surface area contributed by atoms with Gasteiger partial charge in [0.25, 0.3) is 0 Å². The molecule has 0 saturated carbocycles. The smallest absolute Gasteiger partial charge is 0.119 e. The molecule has 2 nitrogen and oxygen atoms in total. The Bertz CT molecular complexity index is 841. The molecule has 3 aromatic rings. The van der Waals surface area contributed by atoms with Gasteiger partial charge in [-0.25, -0.2) is 0 Å². The van der Waals surface area contributed by atoms with Crippen LogP contribution in [0.1, 0.15) is 44.2 Å². The van der Waals surface area contributed by atoms with Crippen molar-refractivity contribution in [2.45, 2.75) is 46.1 Å². The Kier molecular flexibility index (Phi) is 10.0. The minimum absolute atomic E-state index is 0. The van der Waals surface area contributed by atoms with E-state index in [0.717, 1.165) is 12.2 Å². The molecule has 0 heterocycles. The molecule has 0 N–H and O–H groups in total. The summed E-state index contributed by atoms with van der Waals surface area (Å²) >= 11 is 0. The van der Waals surface area contributed by atoms with Crippen molar-refractivity contribution >= 4 is 23.2 Å². The molecule has 0 aliphatic heterocycles. The van der Waals surface area contributed by atoms with E-state index in [1.807, 2.05) is 0 Å². The first kappa shape index (κ1) is 23.3. The molecule has 0 bridgehead atoms. The van der Waals surface area contributed by atoms with Gasteiger partial charge >= 0.3 is 0 Å². The molecular formula is C26H34ClNO. The molecule has 0 unspecified atom stereocenters. The third-order valence-electron chi connectivity index (χ3n) is 5.16. The molecule has 0 spiro atoms. The Balaban J connectivity index is 0.00000300. The lowest BCUT2D eigenvalue weighted by atomic mass is 10.1. The standard InChI is InChI=1S/C26H33NO.ClH/c1-3-17-27(18-4-2)19-7-8-22-12-15-26(16-13-22)28-21-23-11-14-24-9-5-6-10-25(24)20-23;/h5-6,9-16,20H,3-4,7-8,17-19,21H2,1-2H3;1H. The molecule has 0 saturated heterocycles. The number of halogens is 1. The maximum Gasteiger partial charge on any atom is 0.119 e. The van der Waals surface area contributed by atoms with Gasteiger partial charge in [0.2, 0.25) is 0 Å². The second-order valence-corrected chi connectivity index (χ2v) is 7.56. The third kappa shape index (κ3) is 7.38. The van der Waals surface area contributed by atoms with Gasteiger partial charge in [-0.3, -0.25) is 0 Å². The number of ether oxygens (including phenoxy) is 1. The van der Waals surface area contributed by atoms with Crippen molar-refractivity contribution in [3.63, 3.8) is 0 Å². The van der Waals surface area contributed by atoms with Crippen LogP contribution in [0.4, 0.5) is 0 Å². The van der Waals surface area contributed by atoms with Crippen LogP contribution in [0.25, 0.3) is 10.8 Å². The SMILES string of the molecule is CCCN(CCC)CCCc1ccc(OCc2ccc3ccccc3c2)cc1.Cl. The van der Waals surface area contributed by atoms with Crippen LogP contribution in [0.2, 0.25) is 0 Å². The van der Waals surface area contributed by atoms with Crippen LogP contribution in [-0.4, -0.2) is 24.5 Å². The minimum atomic E-state index is 0. The summed E-state index contributed by atoms with van der Waals surface area (Å²) < 4.78 is 5.99. The molecule has 0 atom stereocenters. The fraction of sp³-hybridized carbons (Fsp3) is 0.385. The summed E-state index contributed by atoms with van der Waals surface area (Å²) in [5.41, 5.74) is 2.60. The number of nitrogens with zero attached hydrogens (tertiary/aromatic N) is 1. The zero-order chi connectivity index (χ0) is 19.6. The Morgan fingerprint density at radius 1 is 0.724 bits per heavy atom. The predicted molar refractivity (Wildman–Crippen MR) is 127 cm³/mol. The maximum absolute atomic E-state index is 5.99. The van der Waals surface area contributed by atoms with Crippen LogP contribution in [0, 0.1) is 0 Å². The number of fused-ring (bicyclic) bond motifs is 1. The van der Waals surface area contributed by atoms with Gasteiger partial charge in [-0.2, -0.15) is 0 Å². The van der Waals surface area contributed by atoms with Gasteiger partial charge in [-0.1, -0.05) is 62.4 Å². The van der Waals surface area contributed by atoms with Gasteiger partial charge in [-0.15, -0.1) is 12.4 Å². The number of aryl methyl sites for hydroxylation is 1. The van der Waals surface area contributed by atoms with E-state index < -0.39 is 0 Å². The Morgan fingerprint density at radius 3 is 2.07 bits per heavy atom. The van der Waals surface area contributed by atoms with Crippen molar-refractivity contribution in [2.24, 2.45) is 0 Å². The predicted octanol–water partition coefficient (Wildman–Crippen LogP) is 6.90. The van der Waals surface area contributed by atoms with Gasteiger partial charge in [0.15, 0.2) is 0 Å². The van der Waals surface area contributed by atoms with Crippen molar-refractivity contribution < 1.29 is 4.74 Å². The van der Waals surface area contributed by atoms with Crippen molar-refractivity contribution in [1.29, 1.82) is 0 Å². The first-order chi connectivity index (χ1) is 13.8. The van der Waals surface area contributed by atoms with Crippen molar-refractivity contribution in [2.75, 3.05) is 19.6 Å². The second-order valence-electron chi connectivity index (χ2n) is 7.56. The highest BCUT2D eigenvalue weighted by atomic mass is 35.5. The van der Waals surface area contributed by atoms with Gasteiger partial charge in [0.1, 0.15) is 12.4 Å². The van der Waals surface area contributed by atoms with Crippen LogP contribution in [0.5, 0.6) is 5.75 Å². The average Bonchev–Trinajstić information content (AvgIpc) is 2.73. The summed E-state index contributed by atoms with van der Waals surface area (Å²) in [5.74, 6) is 0.940. The van der Waals surface area contributed by atoms with E-state index in [4.69, 9.17) is 4.74 Å². The van der Waals surface area contributed by atoms with E-state index in [9.17, 15) is 0 Å². The molecule has 3 heteroatoms. The summed E-state index contributed by atoms with van der Waals surface area (Å²) in [4.78, 5) is 2.58. The fourth-order valence-corrected chi connectivity index (χ4v) is 3.72. The maximum atomic E-state index is 5.99. The van der Waals surface area contributed by atoms with Crippen molar-refractivity contribution in [3.8, 4) is 5.75 Å². The van der Waals surface area contributed by atoms with Gasteiger partial charge < -0.3 is 9.64 Å². The van der Waals surface area contributed by atoms with E-state index in [1.54, 1.807) is 0 Å². The van der Waals surface area contributed by atoms with Crippen LogP contribution in [0.15, 0.2) is 66.7 Å². The average molecular weight is 412 g/mol. The largest absolute Gasteiger partial charge is 0.489 e. The van der Waals surface area contributed by atoms with Crippen LogP contribution < -0.4 is 4.74 Å². The molecule has 0 amide bonds. The van der Waals surface area contributed by atoms with Gasteiger partial charge in [-0.05, 0) is 85.4 Å². The molecule has 3 rings (SSSR count). The van der Waals surface area contributed by atoms with Crippen molar-refractivity contribution in [1.82, 2.24) is 4.90 Å². The first-order valence-corrected chi connectivity index (χ1v) is 10.7. The molecule has 0 fully saturated rings. The summed E-state index contributed by atoms with van der Waals surface area (Å²) in [6.45, 7) is 8.76. The van der Waals surface area contributed by atoms with E-state index in [0.29, 0.717) is 6.61 Å². The molecule has 0 aliphatic rings. The molecule has 0 aliphatic carbocycles. The van der Waals surface area contributed by atoms with Crippen molar-refractivity contribution in [3.05, 3.63) is 77.9 Å². The van der Waals surface area contributed by atoms with E-state index >= 15 is 0 Å². The molecule has 0 radical (unpaired) electrons. The number of hydrogen-bond donors (Lipinski definition) is 0. The Morgan fingerprint density at radius 2 is 1.38 bits per heavy atom. The topological polar surface area (TPSA) is 12.5 Å². The molecule has 29 heavy (non-hydrogen) atoms. The normalized spacial score (nSPS) is 10.9. The molecular weight excluding hydrogens is 378 g/mol. The zero-order valence-corrected chi connectivity index (χ0v) is 18.6. The van der Waals surface area contributed by atoms with E-state index in [-0.39, 0.29) is 12.4 Å². The minimum Gasteiger partial charge on any atom is -0.489 e. The Labute approximate surface area is 182 Å². The lowest BCUT2D eigenvalue weighted by molar-refractivity contribution is 0.271. The lowest BCUT2D eigenvalue weighted by Gasteiger charge is -2.20. The number of rotatable bonds is 11. The third-order valence-corrected chi connectivity index (χ3v) is 5.16. The fourth-order valence-electron chi connectivity index (χ4n) is 3.72. The first-order valence-electron chi connectivity index (χ1n) is 10.7. The van der Waals surface area contributed by atoms with E-state index in [2.05, 4.69) is 85.5 Å². The zero-order valence-electron chi connectivity index (χ0n) is 17.8. The summed E-state index contributed by atoms with van der Waals surface area (Å²) in [5, 5.41) is 2.53. The van der Waals surface area contributed by atoms with Gasteiger partial charge in [0, 0.05) is 0 Å². The molecule has 0 aromatic heterocycles. The summed E-state index contributed by atoms with van der Waals surface area (Å²) in [6.07, 6.45) is 4.83. The molecule has 156 valence electrons. The quantitative estimate of drug-likeness (QED) is 0.340. The lowest BCUT2D eigenvalue weighted by Crippen LogP contribution is -2.26. The summed E-state index contributed by atoms with van der Waals surface area (Å²) in [7, 11) is 0. The highest BCUT2D eigenvalue weighted by Gasteiger charge is 2.03. The number of benzene rings is 3. The highest BCUT2D eigenvalue weighted by molar-refractivity contribution is 5.85.